The van der Waals surface area contributed by atoms with Crippen LogP contribution in [0.2, 0.25) is 0 Å². The minimum Gasteiger partial charge on any atom is -0.362 e. The Morgan fingerprint density at radius 2 is 2.00 bits per heavy atom. The Kier molecular flexibility index (Phi) is 4.34. The highest BCUT2D eigenvalue weighted by atomic mass is 32.1. The van der Waals surface area contributed by atoms with Crippen molar-refractivity contribution in [2.24, 2.45) is 5.41 Å². The topological polar surface area (TPSA) is 19.0 Å². The fraction of sp³-hybridized carbons (Fsp3) is 0.368. The number of fused-ring (bicyclic) bond motifs is 1. The molecule has 1 aliphatic rings. The highest BCUT2D eigenvalue weighted by molar-refractivity contribution is 7.80. The molecule has 0 radical (unpaired) electrons. The van der Waals surface area contributed by atoms with Crippen LogP contribution in [-0.2, 0) is 6.42 Å². The van der Waals surface area contributed by atoms with Gasteiger partial charge in [0.1, 0.15) is 0 Å². The fourth-order valence-corrected chi connectivity index (χ4v) is 3.36. The van der Waals surface area contributed by atoms with Crippen LogP contribution in [0.15, 0.2) is 36.5 Å². The van der Waals surface area contributed by atoms with E-state index in [0.29, 0.717) is 0 Å². The van der Waals surface area contributed by atoms with Crippen LogP contribution in [0.25, 0.3) is 12.2 Å². The molecule has 0 amide bonds. The van der Waals surface area contributed by atoms with Crippen molar-refractivity contribution in [3.05, 3.63) is 52.7 Å². The number of aromatic nitrogens is 1. The molecule has 3 rings (SSSR count). The summed E-state index contributed by atoms with van der Waals surface area (Å²) in [5, 5.41) is 2.68. The molecule has 0 fully saturated rings. The van der Waals surface area contributed by atoms with Crippen LogP contribution in [0.4, 0.5) is 5.69 Å². The SMILES string of the molecule is CC1(C)C=c2[nH]cc(CCN(CS)c3ccccc3)c2=CC1. The summed E-state index contributed by atoms with van der Waals surface area (Å²) >= 11 is 4.48. The highest BCUT2D eigenvalue weighted by Gasteiger charge is 2.17. The van der Waals surface area contributed by atoms with E-state index in [1.807, 2.05) is 0 Å². The number of hydrogen-bond acceptors (Lipinski definition) is 2. The van der Waals surface area contributed by atoms with E-state index >= 15 is 0 Å². The van der Waals surface area contributed by atoms with Crippen LogP contribution >= 0.6 is 12.6 Å². The number of anilines is 1. The molecular formula is C19H24N2S. The summed E-state index contributed by atoms with van der Waals surface area (Å²) in [7, 11) is 0. The third-order valence-electron chi connectivity index (χ3n) is 4.35. The third-order valence-corrected chi connectivity index (χ3v) is 4.69. The van der Waals surface area contributed by atoms with Crippen molar-refractivity contribution in [1.29, 1.82) is 0 Å². The Bertz CT molecular complexity index is 743. The lowest BCUT2D eigenvalue weighted by Crippen LogP contribution is -2.33. The maximum Gasteiger partial charge on any atom is 0.0610 e. The van der Waals surface area contributed by atoms with E-state index in [-0.39, 0.29) is 5.41 Å². The maximum atomic E-state index is 4.48. The molecule has 1 heterocycles. The highest BCUT2D eigenvalue weighted by Crippen LogP contribution is 2.24. The number of rotatable bonds is 5. The second kappa shape index (κ2) is 6.25. The Labute approximate surface area is 138 Å². The number of benzene rings is 1. The van der Waals surface area contributed by atoms with E-state index in [1.54, 1.807) is 0 Å². The first-order chi connectivity index (χ1) is 10.6. The summed E-state index contributed by atoms with van der Waals surface area (Å²) in [6, 6.07) is 10.5. The van der Waals surface area contributed by atoms with Crippen LogP contribution in [-0.4, -0.2) is 17.4 Å². The number of para-hydroxylation sites is 1. The van der Waals surface area contributed by atoms with Gasteiger partial charge < -0.3 is 9.88 Å². The van der Waals surface area contributed by atoms with Crippen molar-refractivity contribution in [3.8, 4) is 0 Å². The van der Waals surface area contributed by atoms with Gasteiger partial charge in [-0.3, -0.25) is 0 Å². The molecule has 116 valence electrons. The Morgan fingerprint density at radius 1 is 1.23 bits per heavy atom. The average Bonchev–Trinajstić information content (AvgIpc) is 2.90. The van der Waals surface area contributed by atoms with Gasteiger partial charge in [0.2, 0.25) is 0 Å². The minimum atomic E-state index is 0.260. The number of nitrogens with one attached hydrogen (secondary N) is 1. The van der Waals surface area contributed by atoms with Crippen LogP contribution in [0, 0.1) is 5.41 Å². The Hall–Kier alpha value is -1.61. The summed E-state index contributed by atoms with van der Waals surface area (Å²) in [5.74, 6) is 0.736. The van der Waals surface area contributed by atoms with Gasteiger partial charge in [-0.25, -0.2) is 0 Å². The summed E-state index contributed by atoms with van der Waals surface area (Å²) < 4.78 is 0. The van der Waals surface area contributed by atoms with Gasteiger partial charge in [-0.05, 0) is 41.2 Å². The van der Waals surface area contributed by atoms with E-state index < -0.39 is 0 Å². The monoisotopic (exact) mass is 312 g/mol. The fourth-order valence-electron chi connectivity index (χ4n) is 3.05. The van der Waals surface area contributed by atoms with Crippen molar-refractivity contribution in [2.75, 3.05) is 17.3 Å². The molecule has 1 aromatic carbocycles. The zero-order valence-corrected chi connectivity index (χ0v) is 14.2. The quantitative estimate of drug-likeness (QED) is 0.642. The molecular weight excluding hydrogens is 288 g/mol. The molecule has 2 nitrogen and oxygen atoms in total. The molecule has 0 saturated carbocycles. The molecule has 0 saturated heterocycles. The molecule has 0 atom stereocenters. The standard InChI is InChI=1S/C19H24N2S/c1-19(2)10-8-17-15(13-20-18(17)12-19)9-11-21(14-22)16-6-4-3-5-7-16/h3-8,12-13,20,22H,9-11,14H2,1-2H3. The van der Waals surface area contributed by atoms with Crippen LogP contribution in [0.3, 0.4) is 0 Å². The van der Waals surface area contributed by atoms with Crippen molar-refractivity contribution in [1.82, 2.24) is 4.98 Å². The lowest BCUT2D eigenvalue weighted by atomic mass is 9.85. The predicted molar refractivity (Wildman–Crippen MR) is 98.7 cm³/mol. The molecule has 0 bridgehead atoms. The van der Waals surface area contributed by atoms with Gasteiger partial charge in [0, 0.05) is 23.8 Å². The minimum absolute atomic E-state index is 0.260. The summed E-state index contributed by atoms with van der Waals surface area (Å²) in [6.07, 6.45) is 9.06. The number of aromatic amines is 1. The molecule has 22 heavy (non-hydrogen) atoms. The first-order valence-corrected chi connectivity index (χ1v) is 8.52. The Balaban J connectivity index is 1.77. The smallest absolute Gasteiger partial charge is 0.0610 e. The van der Waals surface area contributed by atoms with E-state index in [9.17, 15) is 0 Å². The van der Waals surface area contributed by atoms with Gasteiger partial charge in [-0.15, -0.1) is 0 Å². The zero-order valence-electron chi connectivity index (χ0n) is 13.3. The Morgan fingerprint density at radius 3 is 2.73 bits per heavy atom. The first kappa shape index (κ1) is 15.3. The van der Waals surface area contributed by atoms with Crippen molar-refractivity contribution < 1.29 is 0 Å². The van der Waals surface area contributed by atoms with Gasteiger partial charge in [0.05, 0.1) is 5.88 Å². The second-order valence-electron chi connectivity index (χ2n) is 6.67. The van der Waals surface area contributed by atoms with E-state index in [0.717, 1.165) is 25.3 Å². The zero-order chi connectivity index (χ0) is 15.6. The number of H-pyrrole nitrogens is 1. The van der Waals surface area contributed by atoms with Gasteiger partial charge in [0.15, 0.2) is 0 Å². The predicted octanol–water partition coefficient (Wildman–Crippen LogP) is 2.94. The van der Waals surface area contributed by atoms with Crippen LogP contribution in [0.1, 0.15) is 25.8 Å². The normalized spacial score (nSPS) is 15.6. The van der Waals surface area contributed by atoms with Gasteiger partial charge in [0.25, 0.3) is 0 Å². The average molecular weight is 312 g/mol. The maximum absolute atomic E-state index is 4.48. The lowest BCUT2D eigenvalue weighted by molar-refractivity contribution is 0.533. The van der Waals surface area contributed by atoms with Gasteiger partial charge >= 0.3 is 0 Å². The molecule has 0 unspecified atom stereocenters. The molecule has 1 aromatic heterocycles. The van der Waals surface area contributed by atoms with E-state index in [1.165, 1.54) is 21.8 Å². The number of thiol groups is 1. The summed E-state index contributed by atoms with van der Waals surface area (Å²) in [5.41, 5.74) is 2.90. The van der Waals surface area contributed by atoms with E-state index in [4.69, 9.17) is 0 Å². The second-order valence-corrected chi connectivity index (χ2v) is 6.96. The largest absolute Gasteiger partial charge is 0.362 e. The summed E-state index contributed by atoms with van der Waals surface area (Å²) in [6.45, 7) is 5.55. The molecule has 3 heteroatoms. The van der Waals surface area contributed by atoms with Crippen LogP contribution in [0.5, 0.6) is 0 Å². The first-order valence-electron chi connectivity index (χ1n) is 7.89. The molecule has 0 aliphatic heterocycles. The number of hydrogen-bond donors (Lipinski definition) is 2. The van der Waals surface area contributed by atoms with Crippen molar-refractivity contribution in [2.45, 2.75) is 26.7 Å². The summed E-state index contributed by atoms with van der Waals surface area (Å²) in [4.78, 5) is 5.74. The van der Waals surface area contributed by atoms with Gasteiger partial charge in [-0.2, -0.15) is 12.6 Å². The lowest BCUT2D eigenvalue weighted by Gasteiger charge is -2.22. The number of nitrogens with zero attached hydrogens (tertiary/aromatic N) is 1. The third kappa shape index (κ3) is 3.25. The molecule has 1 aliphatic carbocycles. The molecule has 2 aromatic rings. The van der Waals surface area contributed by atoms with Crippen LogP contribution < -0.4 is 15.5 Å². The van der Waals surface area contributed by atoms with E-state index in [2.05, 4.69) is 85.0 Å². The van der Waals surface area contributed by atoms with Gasteiger partial charge in [-0.1, -0.05) is 44.2 Å². The molecule has 0 spiro atoms. The van der Waals surface area contributed by atoms with Crippen molar-refractivity contribution >= 4 is 30.5 Å². The van der Waals surface area contributed by atoms with Crippen molar-refractivity contribution in [3.63, 3.8) is 0 Å². The molecule has 1 N–H and O–H groups in total.